The maximum atomic E-state index is 13.0. The Morgan fingerprint density at radius 2 is 2.03 bits per heavy atom. The average molecular weight is 519 g/mol. The van der Waals surface area contributed by atoms with Crippen LogP contribution in [0.25, 0.3) is 0 Å². The van der Waals surface area contributed by atoms with Crippen LogP contribution in [-0.4, -0.2) is 64.8 Å². The molecule has 3 rings (SSSR count). The number of amides is 1. The quantitative estimate of drug-likeness (QED) is 0.220. The van der Waals surface area contributed by atoms with Crippen molar-refractivity contribution in [1.82, 2.24) is 10.4 Å². The lowest BCUT2D eigenvalue weighted by Crippen LogP contribution is -2.57. The molecule has 3 aliphatic rings. The number of halogens is 1. The van der Waals surface area contributed by atoms with Gasteiger partial charge in [-0.3, -0.25) is 14.4 Å². The van der Waals surface area contributed by atoms with E-state index in [9.17, 15) is 19.2 Å². The molecule has 2 aliphatic heterocycles. The Kier molecular flexibility index (Phi) is 9.09. The summed E-state index contributed by atoms with van der Waals surface area (Å²) in [5.74, 6) is -2.50. The van der Waals surface area contributed by atoms with Gasteiger partial charge in [0, 0.05) is 25.3 Å². The molecule has 2 heterocycles. The Morgan fingerprint density at radius 3 is 2.68 bits per heavy atom. The van der Waals surface area contributed by atoms with E-state index in [0.717, 1.165) is 32.1 Å². The Bertz CT molecular complexity index is 848. The van der Waals surface area contributed by atoms with E-state index in [1.807, 2.05) is 0 Å². The van der Waals surface area contributed by atoms with E-state index in [1.165, 1.54) is 12.5 Å². The third kappa shape index (κ3) is 6.36. The molecular formula is C21H27ClN2O9S. The highest BCUT2D eigenvalue weighted by molar-refractivity contribution is 7.80. The number of hydrogen-bond acceptors (Lipinski definition) is 10. The van der Waals surface area contributed by atoms with Gasteiger partial charge in [-0.1, -0.05) is 36.3 Å². The third-order valence-corrected chi connectivity index (χ3v) is 6.01. The van der Waals surface area contributed by atoms with Gasteiger partial charge in [0.1, 0.15) is 18.8 Å². The van der Waals surface area contributed by atoms with Gasteiger partial charge in [0.05, 0.1) is 11.4 Å². The smallest absolute Gasteiger partial charge is 0.431 e. The van der Waals surface area contributed by atoms with Crippen molar-refractivity contribution >= 4 is 52.8 Å². The van der Waals surface area contributed by atoms with Crippen LogP contribution in [0.4, 0.5) is 4.79 Å². The van der Waals surface area contributed by atoms with E-state index >= 15 is 0 Å². The van der Waals surface area contributed by atoms with Gasteiger partial charge in [0.15, 0.2) is 0 Å². The molecule has 0 aromatic rings. The molecular weight excluding hydrogens is 492 g/mol. The first-order valence-electron chi connectivity index (χ1n) is 11.1. The van der Waals surface area contributed by atoms with Gasteiger partial charge in [0.25, 0.3) is 5.91 Å². The first-order valence-corrected chi connectivity index (χ1v) is 11.9. The van der Waals surface area contributed by atoms with Gasteiger partial charge < -0.3 is 24.3 Å². The minimum atomic E-state index is -2.15. The van der Waals surface area contributed by atoms with E-state index in [-0.39, 0.29) is 25.6 Å². The first-order chi connectivity index (χ1) is 16.2. The molecule has 0 aromatic heterocycles. The number of hydroxylamine groups is 2. The highest BCUT2D eigenvalue weighted by atomic mass is 35.5. The molecule has 2 saturated heterocycles. The van der Waals surface area contributed by atoms with Crippen LogP contribution in [0.1, 0.15) is 58.3 Å². The number of thiocarbonyl (C=S) groups is 1. The zero-order valence-electron chi connectivity index (χ0n) is 18.7. The third-order valence-electron chi connectivity index (χ3n) is 5.54. The molecule has 1 aliphatic carbocycles. The second kappa shape index (κ2) is 11.8. The second-order valence-electron chi connectivity index (χ2n) is 8.09. The Hall–Kier alpha value is -2.44. The summed E-state index contributed by atoms with van der Waals surface area (Å²) in [6.07, 6.45) is 3.50. The zero-order chi connectivity index (χ0) is 24.7. The van der Waals surface area contributed by atoms with Crippen molar-refractivity contribution in [2.45, 2.75) is 82.5 Å². The molecule has 1 N–H and O–H groups in total. The molecule has 2 unspecified atom stereocenters. The maximum Gasteiger partial charge on any atom is 0.511 e. The van der Waals surface area contributed by atoms with Crippen molar-refractivity contribution in [3.05, 3.63) is 11.6 Å². The minimum absolute atomic E-state index is 0.141. The van der Waals surface area contributed by atoms with Crippen LogP contribution >= 0.6 is 23.8 Å². The van der Waals surface area contributed by atoms with Crippen molar-refractivity contribution in [3.63, 3.8) is 0 Å². The molecule has 3 atom stereocenters. The number of ether oxygens (including phenoxy) is 4. The minimum Gasteiger partial charge on any atom is -0.431 e. The second-order valence-corrected chi connectivity index (χ2v) is 8.84. The Labute approximate surface area is 206 Å². The van der Waals surface area contributed by atoms with E-state index < -0.39 is 42.1 Å². The number of hydrogen-bond donors (Lipinski definition) is 1. The van der Waals surface area contributed by atoms with E-state index in [1.54, 1.807) is 6.08 Å². The number of nitrogens with one attached hydrogen (secondary N) is 1. The summed E-state index contributed by atoms with van der Waals surface area (Å²) < 4.78 is 20.7. The number of carbonyl (C=O) groups excluding carboxylic acids is 4. The Balaban J connectivity index is 1.61. The summed E-state index contributed by atoms with van der Waals surface area (Å²) in [5.41, 5.74) is -0.850. The molecule has 11 nitrogen and oxygen atoms in total. The van der Waals surface area contributed by atoms with E-state index in [2.05, 4.69) is 5.32 Å². The number of cyclic esters (lactones) is 1. The van der Waals surface area contributed by atoms with Gasteiger partial charge in [-0.25, -0.2) is 9.59 Å². The van der Waals surface area contributed by atoms with Crippen LogP contribution in [0.3, 0.4) is 0 Å². The summed E-state index contributed by atoms with van der Waals surface area (Å²) in [5, 5.41) is 3.50. The van der Waals surface area contributed by atoms with Crippen LogP contribution in [-0.2, 0) is 38.2 Å². The standard InChI is InChI=1S/C21H27ClN2O9S/c1-13(31-20(28)32-14-6-3-2-4-7-14)30-19(27)21(10-9-17(25)33-21)24-18(26)15(12-29-24)23-16(34)8-5-11-22/h5,11,13-15H,2-4,6-10,12H2,1H3,(H,23,34)/t13?,15-,21?/m0/s1. The molecule has 1 amide bonds. The lowest BCUT2D eigenvalue weighted by atomic mass is 9.98. The summed E-state index contributed by atoms with van der Waals surface area (Å²) in [7, 11) is 0. The van der Waals surface area contributed by atoms with Crippen LogP contribution < -0.4 is 5.32 Å². The van der Waals surface area contributed by atoms with Crippen LogP contribution in [0.2, 0.25) is 0 Å². The first kappa shape index (κ1) is 26.2. The van der Waals surface area contributed by atoms with Crippen LogP contribution in [0.5, 0.6) is 0 Å². The summed E-state index contributed by atoms with van der Waals surface area (Å²) in [6, 6.07) is -0.903. The van der Waals surface area contributed by atoms with Gasteiger partial charge in [0.2, 0.25) is 6.29 Å². The number of nitrogens with zero attached hydrogens (tertiary/aromatic N) is 1. The van der Waals surface area contributed by atoms with E-state index in [4.69, 9.17) is 47.6 Å². The fourth-order valence-corrected chi connectivity index (χ4v) is 4.22. The number of carbonyl (C=O) groups is 4. The molecule has 13 heteroatoms. The van der Waals surface area contributed by atoms with E-state index in [0.29, 0.717) is 16.5 Å². The van der Waals surface area contributed by atoms with Crippen molar-refractivity contribution in [1.29, 1.82) is 0 Å². The molecule has 34 heavy (non-hydrogen) atoms. The normalized spacial score (nSPS) is 26.3. The lowest BCUT2D eigenvalue weighted by Gasteiger charge is -2.33. The topological polar surface area (TPSA) is 130 Å². The Morgan fingerprint density at radius 1 is 1.29 bits per heavy atom. The average Bonchev–Trinajstić information content (AvgIpc) is 3.36. The SMILES string of the molecule is CC(OC(=O)OC1CCCCC1)OC(=O)C1(N2OC[C@H](NC(=S)CC=CCl)C2=O)CCC(=O)O1. The highest BCUT2D eigenvalue weighted by Crippen LogP contribution is 2.35. The van der Waals surface area contributed by atoms with Gasteiger partial charge in [-0.15, -0.1) is 0 Å². The van der Waals surface area contributed by atoms with Crippen molar-refractivity contribution in [2.24, 2.45) is 0 Å². The largest absolute Gasteiger partial charge is 0.511 e. The summed E-state index contributed by atoms with van der Waals surface area (Å²) in [6.45, 7) is 1.15. The molecule has 188 valence electrons. The summed E-state index contributed by atoms with van der Waals surface area (Å²) in [4.78, 5) is 55.6. The van der Waals surface area contributed by atoms with Gasteiger partial charge in [-0.2, -0.15) is 5.06 Å². The predicted octanol–water partition coefficient (Wildman–Crippen LogP) is 2.60. The molecule has 0 bridgehead atoms. The monoisotopic (exact) mass is 518 g/mol. The van der Waals surface area contributed by atoms with Gasteiger partial charge in [-0.05, 0) is 25.7 Å². The molecule has 0 radical (unpaired) electrons. The van der Waals surface area contributed by atoms with Crippen molar-refractivity contribution < 1.29 is 43.0 Å². The molecule has 3 fully saturated rings. The van der Waals surface area contributed by atoms with Crippen molar-refractivity contribution in [3.8, 4) is 0 Å². The van der Waals surface area contributed by atoms with Crippen molar-refractivity contribution in [2.75, 3.05) is 6.61 Å². The zero-order valence-corrected chi connectivity index (χ0v) is 20.2. The highest BCUT2D eigenvalue weighted by Gasteiger charge is 2.60. The molecule has 0 aromatic carbocycles. The molecule has 1 saturated carbocycles. The van der Waals surface area contributed by atoms with Crippen LogP contribution in [0, 0.1) is 0 Å². The fourth-order valence-electron chi connectivity index (χ4n) is 3.90. The summed E-state index contributed by atoms with van der Waals surface area (Å²) >= 11 is 10.6. The number of esters is 2. The molecule has 0 spiro atoms. The lowest BCUT2D eigenvalue weighted by molar-refractivity contribution is -0.266. The maximum absolute atomic E-state index is 13.0. The van der Waals surface area contributed by atoms with Crippen LogP contribution in [0.15, 0.2) is 11.6 Å². The van der Waals surface area contributed by atoms with Gasteiger partial charge >= 0.3 is 23.8 Å². The predicted molar refractivity (Wildman–Crippen MR) is 120 cm³/mol. The number of rotatable bonds is 8. The fraction of sp³-hybridized carbons (Fsp3) is 0.667.